The van der Waals surface area contributed by atoms with E-state index in [1.807, 2.05) is 24.5 Å². The van der Waals surface area contributed by atoms with Gasteiger partial charge in [-0.15, -0.1) is 0 Å². The van der Waals surface area contributed by atoms with E-state index in [0.29, 0.717) is 35.5 Å². The van der Waals surface area contributed by atoms with Crippen LogP contribution in [0.1, 0.15) is 28.8 Å². The number of pyridine rings is 1. The molecule has 6 heteroatoms. The summed E-state index contributed by atoms with van der Waals surface area (Å²) in [5.74, 6) is 0.953. The summed E-state index contributed by atoms with van der Waals surface area (Å²) >= 11 is 6.22. The molecule has 0 radical (unpaired) electrons. The molecule has 27 heavy (non-hydrogen) atoms. The number of ketones is 1. The van der Waals surface area contributed by atoms with Gasteiger partial charge < -0.3 is 14.9 Å². The minimum Gasteiger partial charge on any atom is -0.507 e. The van der Waals surface area contributed by atoms with E-state index < -0.39 is 0 Å². The minimum atomic E-state index is -0.0967. The first-order valence-corrected chi connectivity index (χ1v) is 9.69. The van der Waals surface area contributed by atoms with Gasteiger partial charge in [-0.2, -0.15) is 0 Å². The normalized spacial score (nSPS) is 25.4. The van der Waals surface area contributed by atoms with E-state index in [0.717, 1.165) is 36.5 Å². The van der Waals surface area contributed by atoms with Gasteiger partial charge in [0.05, 0.1) is 5.56 Å². The third-order valence-corrected chi connectivity index (χ3v) is 6.30. The highest BCUT2D eigenvalue weighted by Gasteiger charge is 2.43. The molecule has 5 rings (SSSR count). The Morgan fingerprint density at radius 3 is 2.78 bits per heavy atom. The van der Waals surface area contributed by atoms with Gasteiger partial charge in [-0.25, -0.2) is 4.98 Å². The maximum absolute atomic E-state index is 12.9. The summed E-state index contributed by atoms with van der Waals surface area (Å²) in [4.78, 5) is 22.1. The maximum atomic E-state index is 12.9. The molecule has 3 heterocycles. The summed E-state index contributed by atoms with van der Waals surface area (Å²) in [5, 5.41) is 10.7. The number of piperazine rings is 1. The van der Waals surface area contributed by atoms with Crippen LogP contribution in [0.4, 0.5) is 5.82 Å². The van der Waals surface area contributed by atoms with Crippen molar-refractivity contribution in [3.63, 3.8) is 0 Å². The second-order valence-electron chi connectivity index (χ2n) is 7.48. The van der Waals surface area contributed by atoms with E-state index in [1.54, 1.807) is 6.07 Å². The van der Waals surface area contributed by atoms with Crippen LogP contribution in [-0.4, -0.2) is 45.9 Å². The van der Waals surface area contributed by atoms with Crippen molar-refractivity contribution < 1.29 is 9.90 Å². The summed E-state index contributed by atoms with van der Waals surface area (Å²) in [6.45, 7) is 1.82. The van der Waals surface area contributed by atoms with Gasteiger partial charge in [0.25, 0.3) is 0 Å². The number of fused-ring (bicyclic) bond motifs is 3. The molecule has 3 aliphatic rings. The van der Waals surface area contributed by atoms with Gasteiger partial charge in [0.15, 0.2) is 5.78 Å². The molecule has 1 aromatic heterocycles. The van der Waals surface area contributed by atoms with Crippen LogP contribution in [0.5, 0.6) is 5.75 Å². The van der Waals surface area contributed by atoms with Gasteiger partial charge in [-0.05, 0) is 49.1 Å². The van der Waals surface area contributed by atoms with Crippen LogP contribution in [0.15, 0.2) is 48.3 Å². The number of hydrogen-bond acceptors (Lipinski definition) is 5. The Bertz CT molecular complexity index is 944. The molecule has 5 nitrogen and oxygen atoms in total. The lowest BCUT2D eigenvalue weighted by Gasteiger charge is -2.35. The van der Waals surface area contributed by atoms with E-state index in [2.05, 4.69) is 20.9 Å². The number of rotatable bonds is 2. The molecule has 2 fully saturated rings. The number of carbonyl (C=O) groups excluding carboxylic acids is 1. The van der Waals surface area contributed by atoms with Crippen molar-refractivity contribution in [2.45, 2.75) is 31.3 Å². The molecular formula is C21H20ClN3O2. The van der Waals surface area contributed by atoms with E-state index in [-0.39, 0.29) is 11.5 Å². The highest BCUT2D eigenvalue weighted by Crippen LogP contribution is 2.38. The van der Waals surface area contributed by atoms with Gasteiger partial charge in [0.2, 0.25) is 0 Å². The first-order valence-electron chi connectivity index (χ1n) is 9.31. The van der Waals surface area contributed by atoms with Crippen molar-refractivity contribution in [2.24, 2.45) is 0 Å². The third kappa shape index (κ3) is 2.69. The van der Waals surface area contributed by atoms with Gasteiger partial charge >= 0.3 is 0 Å². The van der Waals surface area contributed by atoms with E-state index in [9.17, 15) is 9.90 Å². The van der Waals surface area contributed by atoms with Gasteiger partial charge in [-0.1, -0.05) is 17.7 Å². The molecule has 2 aliphatic heterocycles. The number of nitrogens with zero attached hydrogens (tertiary/aromatic N) is 3. The summed E-state index contributed by atoms with van der Waals surface area (Å²) in [6, 6.07) is 9.99. The lowest BCUT2D eigenvalue weighted by molar-refractivity contribution is 0.102. The Hall–Kier alpha value is -2.53. The van der Waals surface area contributed by atoms with Crippen molar-refractivity contribution in [2.75, 3.05) is 18.0 Å². The number of Topliss-reactive ketones (excluding diaryl/α,β-unsaturated/α-hetero) is 1. The van der Waals surface area contributed by atoms with Crippen molar-refractivity contribution in [1.29, 1.82) is 0 Å². The predicted molar refractivity (Wildman–Crippen MR) is 104 cm³/mol. The SMILES string of the molecule is O=C1/C(=C/N2C[C@H]3C[C@@H]2CN3c2ccccn2)CCc2c(Cl)ccc(O)c21. The van der Waals surface area contributed by atoms with Gasteiger partial charge in [0.1, 0.15) is 11.6 Å². The molecular weight excluding hydrogens is 362 g/mol. The lowest BCUT2D eigenvalue weighted by Crippen LogP contribution is -2.44. The quantitative estimate of drug-likeness (QED) is 0.808. The molecule has 138 valence electrons. The third-order valence-electron chi connectivity index (χ3n) is 5.94. The number of likely N-dealkylation sites (tertiary alicyclic amines) is 1. The average Bonchev–Trinajstić information content (AvgIpc) is 3.28. The van der Waals surface area contributed by atoms with Crippen LogP contribution >= 0.6 is 11.6 Å². The monoisotopic (exact) mass is 381 g/mol. The number of phenols is 1. The highest BCUT2D eigenvalue weighted by atomic mass is 35.5. The molecule has 2 bridgehead atoms. The molecule has 1 aromatic carbocycles. The zero-order valence-corrected chi connectivity index (χ0v) is 15.6. The molecule has 0 saturated carbocycles. The van der Waals surface area contributed by atoms with Crippen molar-refractivity contribution in [3.8, 4) is 5.75 Å². The molecule has 2 atom stereocenters. The largest absolute Gasteiger partial charge is 0.507 e. The number of aromatic hydroxyl groups is 1. The van der Waals surface area contributed by atoms with Crippen LogP contribution in [0.25, 0.3) is 0 Å². The molecule has 2 saturated heterocycles. The topological polar surface area (TPSA) is 56.7 Å². The number of aromatic nitrogens is 1. The Kier molecular flexibility index (Phi) is 3.86. The Morgan fingerprint density at radius 1 is 1.15 bits per heavy atom. The molecule has 0 amide bonds. The molecule has 0 spiro atoms. The van der Waals surface area contributed by atoms with Gasteiger partial charge in [0, 0.05) is 48.2 Å². The number of hydrogen-bond donors (Lipinski definition) is 1. The standard InChI is InChI=1S/C21H20ClN3O2/c22-17-6-7-18(26)20-16(17)5-4-13(21(20)27)10-24-11-15-9-14(24)12-25(15)19-3-1-2-8-23-19/h1-3,6-8,10,14-15,26H,4-5,9,11-12H2/b13-10+/t14-,15-/m1/s1. The lowest BCUT2D eigenvalue weighted by atomic mass is 9.86. The maximum Gasteiger partial charge on any atom is 0.194 e. The summed E-state index contributed by atoms with van der Waals surface area (Å²) in [5.41, 5.74) is 1.90. The van der Waals surface area contributed by atoms with Crippen LogP contribution in [0.3, 0.4) is 0 Å². The van der Waals surface area contributed by atoms with Crippen molar-refractivity contribution >= 4 is 23.2 Å². The van der Waals surface area contributed by atoms with E-state index in [1.165, 1.54) is 6.07 Å². The number of carbonyl (C=O) groups is 1. The zero-order chi connectivity index (χ0) is 18.5. The van der Waals surface area contributed by atoms with E-state index >= 15 is 0 Å². The Labute approximate surface area is 162 Å². The summed E-state index contributed by atoms with van der Waals surface area (Å²) < 4.78 is 0. The van der Waals surface area contributed by atoms with Crippen LogP contribution in [-0.2, 0) is 6.42 Å². The van der Waals surface area contributed by atoms with Crippen molar-refractivity contribution in [3.05, 3.63) is 64.5 Å². The number of halogens is 1. The second kappa shape index (κ2) is 6.27. The number of benzene rings is 1. The average molecular weight is 382 g/mol. The number of allylic oxidation sites excluding steroid dienone is 1. The number of phenolic OH excluding ortho intramolecular Hbond substituents is 1. The smallest absolute Gasteiger partial charge is 0.194 e. The Balaban J connectivity index is 1.37. The zero-order valence-electron chi connectivity index (χ0n) is 14.8. The summed E-state index contributed by atoms with van der Waals surface area (Å²) in [7, 11) is 0. The van der Waals surface area contributed by atoms with Crippen LogP contribution < -0.4 is 4.90 Å². The molecule has 2 aromatic rings. The fourth-order valence-electron chi connectivity index (χ4n) is 4.63. The first kappa shape index (κ1) is 16.6. The van der Waals surface area contributed by atoms with Crippen LogP contribution in [0, 0.1) is 0 Å². The molecule has 1 aliphatic carbocycles. The predicted octanol–water partition coefficient (Wildman–Crippen LogP) is 3.42. The molecule has 0 unspecified atom stereocenters. The first-order chi connectivity index (χ1) is 13.1. The number of anilines is 1. The van der Waals surface area contributed by atoms with Crippen molar-refractivity contribution in [1.82, 2.24) is 9.88 Å². The Morgan fingerprint density at radius 2 is 2.04 bits per heavy atom. The molecule has 1 N–H and O–H groups in total. The van der Waals surface area contributed by atoms with Gasteiger partial charge in [-0.3, -0.25) is 4.79 Å². The minimum absolute atomic E-state index is 0.0225. The highest BCUT2D eigenvalue weighted by molar-refractivity contribution is 6.32. The van der Waals surface area contributed by atoms with E-state index in [4.69, 9.17) is 11.6 Å². The summed E-state index contributed by atoms with van der Waals surface area (Å²) in [6.07, 6.45) is 6.28. The fourth-order valence-corrected chi connectivity index (χ4v) is 4.88. The van der Waals surface area contributed by atoms with Crippen LogP contribution in [0.2, 0.25) is 5.02 Å². The fraction of sp³-hybridized carbons (Fsp3) is 0.333. The second-order valence-corrected chi connectivity index (χ2v) is 7.89.